The highest BCUT2D eigenvalue weighted by molar-refractivity contribution is 5.75. The summed E-state index contributed by atoms with van der Waals surface area (Å²) in [5.74, 6) is 1.49. The Morgan fingerprint density at radius 3 is 1.30 bits per heavy atom. The molecule has 0 aromatic heterocycles. The second kappa shape index (κ2) is 23.4. The number of aliphatic hydroxyl groups is 2. The predicted octanol–water partition coefficient (Wildman–Crippen LogP) is 5.52. The smallest absolute Gasteiger partial charge is 0.219 e. The summed E-state index contributed by atoms with van der Waals surface area (Å²) in [6.45, 7) is 13.6. The van der Waals surface area contributed by atoms with Gasteiger partial charge in [0.25, 0.3) is 0 Å². The molecule has 8 rings (SSSR count). The van der Waals surface area contributed by atoms with Crippen LogP contribution in [-0.2, 0) is 44.9 Å². The van der Waals surface area contributed by atoms with Gasteiger partial charge in [0.15, 0.2) is 0 Å². The van der Waals surface area contributed by atoms with E-state index < -0.39 is 35.5 Å². The fraction of sp³-hybridized carbons (Fsp3) is 0.500. The van der Waals surface area contributed by atoms with Crippen molar-refractivity contribution >= 4 is 23.6 Å². The van der Waals surface area contributed by atoms with Gasteiger partial charge in [-0.1, -0.05) is 98.8 Å². The highest BCUT2D eigenvalue weighted by atomic mass is 16.5. The maximum atomic E-state index is 12.0. The number of nitrogens with zero attached hydrogens (tertiary/aromatic N) is 2. The minimum absolute atomic E-state index is 0.0264. The summed E-state index contributed by atoms with van der Waals surface area (Å²) in [7, 11) is 0. The van der Waals surface area contributed by atoms with Crippen LogP contribution in [0.5, 0.6) is 11.5 Å². The summed E-state index contributed by atoms with van der Waals surface area (Å²) >= 11 is 0. The first kappa shape index (κ1) is 52.0. The van der Waals surface area contributed by atoms with Crippen molar-refractivity contribution in [1.82, 2.24) is 31.1 Å². The molecule has 4 aliphatic heterocycles. The lowest BCUT2D eigenvalue weighted by molar-refractivity contribution is -0.129. The number of carbonyl (C=O) groups excluding carboxylic acids is 4. The minimum atomic E-state index is -0.770. The highest BCUT2D eigenvalue weighted by Crippen LogP contribution is 2.46. The zero-order valence-corrected chi connectivity index (χ0v) is 41.8. The lowest BCUT2D eigenvalue weighted by Gasteiger charge is -2.41. The lowest BCUT2D eigenvalue weighted by atomic mass is 9.85. The summed E-state index contributed by atoms with van der Waals surface area (Å²) in [6, 6.07) is 31.5. The minimum Gasteiger partial charge on any atom is -0.485 e. The molecular formula is C56H74N6O8. The van der Waals surface area contributed by atoms with Crippen molar-refractivity contribution in [3.05, 3.63) is 130 Å². The van der Waals surface area contributed by atoms with Crippen LogP contribution in [-0.4, -0.2) is 118 Å². The van der Waals surface area contributed by atoms with Crippen molar-refractivity contribution < 1.29 is 38.9 Å². The molecule has 0 bridgehead atoms. The summed E-state index contributed by atoms with van der Waals surface area (Å²) < 4.78 is 13.0. The molecule has 4 amide bonds. The molecule has 0 unspecified atom stereocenters. The Morgan fingerprint density at radius 1 is 0.586 bits per heavy atom. The second-order valence-corrected chi connectivity index (χ2v) is 19.9. The summed E-state index contributed by atoms with van der Waals surface area (Å²) in [4.78, 5) is 51.4. The average Bonchev–Trinajstić information content (AvgIpc) is 3.96. The molecule has 4 aromatic rings. The summed E-state index contributed by atoms with van der Waals surface area (Å²) in [5, 5.41) is 35.2. The third kappa shape index (κ3) is 13.3. The standard InChI is InChI=1S/2C28H37N3O4/c2*1-4-21-10-11-27-23(14-21)25(16-28(35-27)12-13-31(18-28)20(3)33)29-17-26(34)24(30-19(2)32)15-22-8-6-5-7-9-22/h2*5-11,14,24-26,29,34H,4,12-13,15-18H2,1-3H3,(H,30,32)/t24-,25-,26+,28+;24-,25-,26+,28-/m00/s1. The predicted molar refractivity (Wildman–Crippen MR) is 270 cm³/mol. The first-order valence-electron chi connectivity index (χ1n) is 25.2. The average molecular weight is 959 g/mol. The van der Waals surface area contributed by atoms with Crippen LogP contribution in [0.2, 0.25) is 0 Å². The molecule has 4 aromatic carbocycles. The second-order valence-electron chi connectivity index (χ2n) is 19.9. The van der Waals surface area contributed by atoms with E-state index in [-0.39, 0.29) is 35.7 Å². The van der Waals surface area contributed by atoms with Gasteiger partial charge in [-0.05, 0) is 60.1 Å². The zero-order valence-electron chi connectivity index (χ0n) is 41.8. The Morgan fingerprint density at radius 2 is 0.971 bits per heavy atom. The van der Waals surface area contributed by atoms with E-state index in [1.165, 1.54) is 25.0 Å². The van der Waals surface area contributed by atoms with Crippen LogP contribution in [0, 0.1) is 0 Å². The number of ether oxygens (including phenoxy) is 2. The van der Waals surface area contributed by atoms with Gasteiger partial charge in [0.2, 0.25) is 23.6 Å². The SMILES string of the molecule is CCc1ccc2c(c1)[C@@H](NC[C@@H](O)[C@H](Cc1ccccc1)NC(C)=O)C[C@@]1(CCN(C(C)=O)C1)O2.CCc1ccc2c(c1)[C@@H](NC[C@@H](O)[C@H](Cc1ccccc1)NC(C)=O)C[C@]1(CCN(C(C)=O)C1)O2. The molecule has 0 saturated carbocycles. The topological polar surface area (TPSA) is 182 Å². The van der Waals surface area contributed by atoms with Crippen LogP contribution in [0.1, 0.15) is 113 Å². The largest absolute Gasteiger partial charge is 0.485 e. The van der Waals surface area contributed by atoms with Crippen molar-refractivity contribution in [2.45, 2.75) is 140 Å². The van der Waals surface area contributed by atoms with E-state index in [0.29, 0.717) is 65.0 Å². The number of fused-ring (bicyclic) bond motifs is 2. The van der Waals surface area contributed by atoms with Gasteiger partial charge in [-0.25, -0.2) is 0 Å². The van der Waals surface area contributed by atoms with Crippen molar-refractivity contribution in [2.75, 3.05) is 39.3 Å². The molecule has 4 aliphatic rings. The van der Waals surface area contributed by atoms with E-state index in [9.17, 15) is 29.4 Å². The van der Waals surface area contributed by atoms with Gasteiger partial charge in [-0.15, -0.1) is 0 Å². The van der Waals surface area contributed by atoms with Gasteiger partial charge < -0.3 is 50.8 Å². The maximum absolute atomic E-state index is 12.0. The van der Waals surface area contributed by atoms with E-state index in [1.54, 1.807) is 13.8 Å². The highest BCUT2D eigenvalue weighted by Gasteiger charge is 2.48. The number of carbonyl (C=O) groups is 4. The fourth-order valence-corrected chi connectivity index (χ4v) is 10.6. The first-order chi connectivity index (χ1) is 33.6. The molecule has 0 aliphatic carbocycles. The van der Waals surface area contributed by atoms with Crippen LogP contribution in [0.15, 0.2) is 97.1 Å². The molecule has 4 heterocycles. The van der Waals surface area contributed by atoms with Gasteiger partial charge in [0.1, 0.15) is 22.7 Å². The summed E-state index contributed by atoms with van der Waals surface area (Å²) in [6.07, 6.45) is 4.40. The number of benzene rings is 4. The van der Waals surface area contributed by atoms with Gasteiger partial charge >= 0.3 is 0 Å². The molecule has 70 heavy (non-hydrogen) atoms. The van der Waals surface area contributed by atoms with Crippen molar-refractivity contribution in [2.24, 2.45) is 0 Å². The lowest BCUT2D eigenvalue weighted by Crippen LogP contribution is -2.51. The molecule has 2 fully saturated rings. The number of aryl methyl sites for hydroxylation is 2. The number of rotatable bonds is 16. The van der Waals surface area contributed by atoms with Crippen LogP contribution in [0.4, 0.5) is 0 Å². The van der Waals surface area contributed by atoms with Crippen molar-refractivity contribution in [3.63, 3.8) is 0 Å². The van der Waals surface area contributed by atoms with Crippen molar-refractivity contribution in [3.8, 4) is 11.5 Å². The van der Waals surface area contributed by atoms with E-state index in [4.69, 9.17) is 9.47 Å². The van der Waals surface area contributed by atoms with E-state index in [0.717, 1.165) is 59.4 Å². The van der Waals surface area contributed by atoms with E-state index in [2.05, 4.69) is 59.4 Å². The molecule has 2 spiro atoms. The molecule has 2 saturated heterocycles. The zero-order chi connectivity index (χ0) is 50.0. The van der Waals surface area contributed by atoms with Gasteiger partial charge in [-0.3, -0.25) is 19.2 Å². The number of hydrogen-bond acceptors (Lipinski definition) is 10. The Hall–Kier alpha value is -5.80. The first-order valence-corrected chi connectivity index (χ1v) is 25.2. The Balaban J connectivity index is 0.000000206. The Kier molecular flexibility index (Phi) is 17.4. The van der Waals surface area contributed by atoms with Crippen LogP contribution in [0.3, 0.4) is 0 Å². The summed E-state index contributed by atoms with van der Waals surface area (Å²) in [5.41, 5.74) is 5.88. The van der Waals surface area contributed by atoms with Gasteiger partial charge in [-0.2, -0.15) is 0 Å². The Labute approximate surface area is 413 Å². The third-order valence-corrected chi connectivity index (χ3v) is 14.5. The van der Waals surface area contributed by atoms with Crippen LogP contribution in [0.25, 0.3) is 0 Å². The Bertz CT molecular complexity index is 2250. The van der Waals surface area contributed by atoms with Crippen LogP contribution >= 0.6 is 0 Å². The van der Waals surface area contributed by atoms with Gasteiger partial charge in [0, 0.05) is 103 Å². The molecule has 376 valence electrons. The molecule has 6 N–H and O–H groups in total. The number of nitrogens with one attached hydrogen (secondary N) is 4. The molecule has 14 heteroatoms. The normalized spacial score (nSPS) is 22.9. The van der Waals surface area contributed by atoms with E-state index >= 15 is 0 Å². The maximum Gasteiger partial charge on any atom is 0.219 e. The van der Waals surface area contributed by atoms with E-state index in [1.807, 2.05) is 82.6 Å². The third-order valence-electron chi connectivity index (χ3n) is 14.5. The number of likely N-dealkylation sites (tertiary alicyclic amines) is 2. The molecular weight excluding hydrogens is 885 g/mol. The molecule has 0 radical (unpaired) electrons. The monoisotopic (exact) mass is 959 g/mol. The number of aliphatic hydroxyl groups excluding tert-OH is 2. The molecule has 8 atom stereocenters. The number of amides is 4. The fourth-order valence-electron chi connectivity index (χ4n) is 10.6. The van der Waals surface area contributed by atoms with Crippen molar-refractivity contribution in [1.29, 1.82) is 0 Å². The van der Waals surface area contributed by atoms with Crippen LogP contribution < -0.4 is 30.7 Å². The van der Waals surface area contributed by atoms with Gasteiger partial charge in [0.05, 0.1) is 37.4 Å². The number of hydrogen-bond donors (Lipinski definition) is 6. The molecule has 14 nitrogen and oxygen atoms in total. The quantitative estimate of drug-likeness (QED) is 0.0837.